The van der Waals surface area contributed by atoms with E-state index in [0.29, 0.717) is 12.1 Å². The second kappa shape index (κ2) is 12.2. The number of nitrogens with zero attached hydrogens (tertiary/aromatic N) is 5. The van der Waals surface area contributed by atoms with Crippen molar-refractivity contribution >= 4 is 29.9 Å². The van der Waals surface area contributed by atoms with Crippen molar-refractivity contribution in [2.45, 2.75) is 65.2 Å². The fourth-order valence-electron chi connectivity index (χ4n) is 3.53. The third-order valence-electron chi connectivity index (χ3n) is 5.44. The summed E-state index contributed by atoms with van der Waals surface area (Å²) < 4.78 is 2.06. The van der Waals surface area contributed by atoms with Crippen LogP contribution < -0.4 is 10.6 Å². The average molecular weight is 525 g/mol. The number of benzene rings is 1. The zero-order valence-corrected chi connectivity index (χ0v) is 21.0. The molecule has 1 aliphatic heterocycles. The van der Waals surface area contributed by atoms with Gasteiger partial charge in [-0.3, -0.25) is 9.89 Å². The number of aryl methyl sites for hydroxylation is 2. The first-order chi connectivity index (χ1) is 14.1. The Morgan fingerprint density at radius 2 is 2.07 bits per heavy atom. The van der Waals surface area contributed by atoms with Gasteiger partial charge in [0, 0.05) is 38.0 Å². The van der Waals surface area contributed by atoms with Crippen molar-refractivity contribution in [3.63, 3.8) is 0 Å². The predicted octanol–water partition coefficient (Wildman–Crippen LogP) is 2.85. The molecule has 166 valence electrons. The number of likely N-dealkylation sites (N-methyl/N-ethyl adjacent to an activating group) is 1. The molecule has 0 radical (unpaired) electrons. The first-order valence-corrected chi connectivity index (χ1v) is 10.8. The lowest BCUT2D eigenvalue weighted by atomic mass is 10.1. The maximum Gasteiger partial charge on any atom is 0.191 e. The zero-order chi connectivity index (χ0) is 20.6. The number of hydrogen-bond donors (Lipinski definition) is 2. The number of halogens is 1. The highest BCUT2D eigenvalue weighted by Gasteiger charge is 2.22. The molecule has 0 aliphatic carbocycles. The minimum Gasteiger partial charge on any atom is -0.357 e. The largest absolute Gasteiger partial charge is 0.357 e. The first kappa shape index (κ1) is 24.6. The van der Waals surface area contributed by atoms with Crippen LogP contribution in [-0.4, -0.2) is 57.8 Å². The summed E-state index contributed by atoms with van der Waals surface area (Å²) in [5.41, 5.74) is 1.33. The van der Waals surface area contributed by atoms with Crippen LogP contribution in [0.25, 0.3) is 0 Å². The van der Waals surface area contributed by atoms with Gasteiger partial charge in [0.05, 0.1) is 13.1 Å². The highest BCUT2D eigenvalue weighted by atomic mass is 127. The highest BCUT2D eigenvalue weighted by molar-refractivity contribution is 14.0. The SMILES string of the molecule is CCNC(=NCC(C)N(C)Cc1ccccc1)NC1CCc2nc(CC)nn2C1.I. The molecule has 30 heavy (non-hydrogen) atoms. The fourth-order valence-corrected chi connectivity index (χ4v) is 3.53. The summed E-state index contributed by atoms with van der Waals surface area (Å²) >= 11 is 0. The Bertz CT molecular complexity index is 790. The lowest BCUT2D eigenvalue weighted by molar-refractivity contribution is 0.255. The molecule has 0 spiro atoms. The standard InChI is InChI=1S/C22H35N7.HI/c1-5-20-26-21-13-12-19(16-29(21)27-20)25-22(23-6-2)24-14-17(3)28(4)15-18-10-8-7-9-11-18;/h7-11,17,19H,5-6,12-16H2,1-4H3,(H2,23,24,25);1H. The van der Waals surface area contributed by atoms with Crippen LogP contribution in [0.15, 0.2) is 35.3 Å². The molecule has 0 amide bonds. The van der Waals surface area contributed by atoms with Crippen molar-refractivity contribution in [1.29, 1.82) is 0 Å². The molecule has 2 unspecified atom stereocenters. The predicted molar refractivity (Wildman–Crippen MR) is 133 cm³/mol. The molecule has 0 saturated heterocycles. The van der Waals surface area contributed by atoms with E-state index in [1.807, 2.05) is 0 Å². The molecule has 7 nitrogen and oxygen atoms in total. The van der Waals surface area contributed by atoms with E-state index in [0.717, 1.165) is 63.0 Å². The molecule has 2 aromatic rings. The maximum absolute atomic E-state index is 4.86. The first-order valence-electron chi connectivity index (χ1n) is 10.8. The van der Waals surface area contributed by atoms with Crippen LogP contribution in [0.2, 0.25) is 0 Å². The van der Waals surface area contributed by atoms with Crippen molar-refractivity contribution in [3.8, 4) is 0 Å². The van der Waals surface area contributed by atoms with Gasteiger partial charge in [-0.2, -0.15) is 5.10 Å². The van der Waals surface area contributed by atoms with E-state index >= 15 is 0 Å². The molecule has 0 bridgehead atoms. The lowest BCUT2D eigenvalue weighted by Gasteiger charge is -2.27. The summed E-state index contributed by atoms with van der Waals surface area (Å²) in [6, 6.07) is 11.3. The Labute approximate surface area is 197 Å². The van der Waals surface area contributed by atoms with Gasteiger partial charge in [-0.05, 0) is 32.9 Å². The molecule has 0 fully saturated rings. The van der Waals surface area contributed by atoms with Gasteiger partial charge in [0.1, 0.15) is 5.82 Å². The van der Waals surface area contributed by atoms with Crippen molar-refractivity contribution in [1.82, 2.24) is 30.3 Å². The number of aliphatic imine (C=N–C) groups is 1. The van der Waals surface area contributed by atoms with Crippen molar-refractivity contribution in [3.05, 3.63) is 47.5 Å². The molecular formula is C22H36IN7. The summed E-state index contributed by atoms with van der Waals surface area (Å²) in [6.45, 7) is 9.80. The van der Waals surface area contributed by atoms with Gasteiger partial charge in [0.15, 0.2) is 11.8 Å². The van der Waals surface area contributed by atoms with Crippen LogP contribution in [0.1, 0.15) is 44.4 Å². The molecule has 1 aromatic carbocycles. The molecule has 0 saturated carbocycles. The summed E-state index contributed by atoms with van der Waals surface area (Å²) in [5, 5.41) is 11.6. The fraction of sp³-hybridized carbons (Fsp3) is 0.591. The third-order valence-corrected chi connectivity index (χ3v) is 5.44. The number of aromatic nitrogens is 3. The second-order valence-electron chi connectivity index (χ2n) is 7.83. The normalized spacial score (nSPS) is 17.2. The topological polar surface area (TPSA) is 70.4 Å². The molecule has 1 aliphatic rings. The minimum atomic E-state index is 0. The summed E-state index contributed by atoms with van der Waals surface area (Å²) in [5.74, 6) is 2.94. The van der Waals surface area contributed by atoms with Crippen LogP contribution >= 0.6 is 24.0 Å². The highest BCUT2D eigenvalue weighted by Crippen LogP contribution is 2.13. The zero-order valence-electron chi connectivity index (χ0n) is 18.6. The third kappa shape index (κ3) is 6.94. The molecule has 2 N–H and O–H groups in total. The van der Waals surface area contributed by atoms with Gasteiger partial charge < -0.3 is 10.6 Å². The van der Waals surface area contributed by atoms with Gasteiger partial charge >= 0.3 is 0 Å². The van der Waals surface area contributed by atoms with Crippen LogP contribution in [0.3, 0.4) is 0 Å². The number of nitrogens with one attached hydrogen (secondary N) is 2. The van der Waals surface area contributed by atoms with Crippen LogP contribution in [0, 0.1) is 0 Å². The van der Waals surface area contributed by atoms with E-state index in [-0.39, 0.29) is 24.0 Å². The van der Waals surface area contributed by atoms with Gasteiger partial charge in [-0.15, -0.1) is 24.0 Å². The van der Waals surface area contributed by atoms with Crippen molar-refractivity contribution < 1.29 is 0 Å². The van der Waals surface area contributed by atoms with Gasteiger partial charge in [-0.25, -0.2) is 9.67 Å². The summed E-state index contributed by atoms with van der Waals surface area (Å²) in [6.07, 6.45) is 2.90. The Morgan fingerprint density at radius 1 is 1.30 bits per heavy atom. The van der Waals surface area contributed by atoms with E-state index in [1.54, 1.807) is 0 Å². The Kier molecular flexibility index (Phi) is 10.0. The lowest BCUT2D eigenvalue weighted by Crippen LogP contribution is -2.47. The van der Waals surface area contributed by atoms with Gasteiger partial charge in [0.2, 0.25) is 0 Å². The Balaban J connectivity index is 0.00000320. The minimum absolute atomic E-state index is 0. The quantitative estimate of drug-likeness (QED) is 0.315. The Morgan fingerprint density at radius 3 is 2.77 bits per heavy atom. The molecule has 2 atom stereocenters. The monoisotopic (exact) mass is 525 g/mol. The molecule has 8 heteroatoms. The molecule has 2 heterocycles. The smallest absolute Gasteiger partial charge is 0.191 e. The van der Waals surface area contributed by atoms with Crippen molar-refractivity contribution in [2.24, 2.45) is 4.99 Å². The summed E-state index contributed by atoms with van der Waals surface area (Å²) in [7, 11) is 2.16. The number of fused-ring (bicyclic) bond motifs is 1. The van der Waals surface area contributed by atoms with E-state index < -0.39 is 0 Å². The van der Waals surface area contributed by atoms with E-state index in [9.17, 15) is 0 Å². The molecule has 3 rings (SSSR count). The Hall–Kier alpha value is -1.68. The maximum atomic E-state index is 4.86. The van der Waals surface area contributed by atoms with Gasteiger partial charge in [0.25, 0.3) is 0 Å². The number of guanidine groups is 1. The van der Waals surface area contributed by atoms with Gasteiger partial charge in [-0.1, -0.05) is 37.3 Å². The number of rotatable bonds is 8. The van der Waals surface area contributed by atoms with Crippen LogP contribution in [0.5, 0.6) is 0 Å². The number of hydrogen-bond acceptors (Lipinski definition) is 4. The summed E-state index contributed by atoms with van der Waals surface area (Å²) in [4.78, 5) is 11.8. The second-order valence-corrected chi connectivity index (χ2v) is 7.83. The van der Waals surface area contributed by atoms with Crippen molar-refractivity contribution in [2.75, 3.05) is 20.1 Å². The molecule has 1 aromatic heterocycles. The average Bonchev–Trinajstić information content (AvgIpc) is 3.15. The van der Waals surface area contributed by atoms with Crippen LogP contribution in [-0.2, 0) is 25.9 Å². The molecular weight excluding hydrogens is 489 g/mol. The van der Waals surface area contributed by atoms with E-state index in [4.69, 9.17) is 4.99 Å². The van der Waals surface area contributed by atoms with E-state index in [2.05, 4.69) is 88.4 Å². The van der Waals surface area contributed by atoms with E-state index in [1.165, 1.54) is 5.56 Å². The van der Waals surface area contributed by atoms with Crippen LogP contribution in [0.4, 0.5) is 0 Å².